The molecule has 1 saturated carbocycles. The summed E-state index contributed by atoms with van der Waals surface area (Å²) < 4.78 is 5.88. The first-order valence-corrected chi connectivity index (χ1v) is 4.64. The molecule has 2 rings (SSSR count). The van der Waals surface area contributed by atoms with Crippen molar-refractivity contribution in [2.24, 2.45) is 10.8 Å². The molecule has 11 heavy (non-hydrogen) atoms. The van der Waals surface area contributed by atoms with E-state index in [1.54, 1.807) is 0 Å². The molecule has 1 nitrogen and oxygen atoms in total. The van der Waals surface area contributed by atoms with E-state index in [4.69, 9.17) is 4.74 Å². The molecular weight excluding hydrogens is 136 g/mol. The molecule has 0 N–H and O–H groups in total. The zero-order valence-electron chi connectivity index (χ0n) is 7.98. The first-order valence-electron chi connectivity index (χ1n) is 4.64. The van der Waals surface area contributed by atoms with E-state index < -0.39 is 0 Å². The van der Waals surface area contributed by atoms with Crippen LogP contribution < -0.4 is 0 Å². The van der Waals surface area contributed by atoms with Gasteiger partial charge in [-0.25, -0.2) is 0 Å². The van der Waals surface area contributed by atoms with E-state index in [1.165, 1.54) is 12.8 Å². The van der Waals surface area contributed by atoms with Gasteiger partial charge in [-0.15, -0.1) is 0 Å². The van der Waals surface area contributed by atoms with Crippen molar-refractivity contribution >= 4 is 0 Å². The van der Waals surface area contributed by atoms with Gasteiger partial charge in [0.2, 0.25) is 0 Å². The van der Waals surface area contributed by atoms with Gasteiger partial charge < -0.3 is 4.74 Å². The molecule has 1 saturated heterocycles. The monoisotopic (exact) mass is 154 g/mol. The van der Waals surface area contributed by atoms with Gasteiger partial charge in [-0.2, -0.15) is 0 Å². The molecule has 1 heteroatoms. The predicted octanol–water partition coefficient (Wildman–Crippen LogP) is 2.60. The Labute approximate surface area is 69.1 Å². The van der Waals surface area contributed by atoms with Crippen LogP contribution in [0.15, 0.2) is 0 Å². The third kappa shape index (κ3) is 0.658. The molecule has 3 unspecified atom stereocenters. The molecule has 2 aliphatic rings. The summed E-state index contributed by atoms with van der Waals surface area (Å²) in [5, 5.41) is 0. The highest BCUT2D eigenvalue weighted by atomic mass is 16.5. The lowest BCUT2D eigenvalue weighted by Gasteiger charge is -2.35. The summed E-state index contributed by atoms with van der Waals surface area (Å²) in [6.07, 6.45) is 3.62. The van der Waals surface area contributed by atoms with Crippen molar-refractivity contribution in [1.82, 2.24) is 0 Å². The molecule has 1 aliphatic carbocycles. The molecule has 2 fully saturated rings. The van der Waals surface area contributed by atoms with Crippen LogP contribution in [-0.2, 0) is 4.74 Å². The second kappa shape index (κ2) is 1.82. The molecule has 2 bridgehead atoms. The molecule has 3 atom stereocenters. The molecule has 0 spiro atoms. The number of fused-ring (bicyclic) bond motifs is 2. The van der Waals surface area contributed by atoms with Crippen molar-refractivity contribution in [2.45, 2.75) is 52.7 Å². The van der Waals surface area contributed by atoms with Gasteiger partial charge in [0.05, 0.1) is 12.2 Å². The third-order valence-corrected chi connectivity index (χ3v) is 4.47. The summed E-state index contributed by atoms with van der Waals surface area (Å²) in [6.45, 7) is 9.31. The van der Waals surface area contributed by atoms with Gasteiger partial charge in [0.15, 0.2) is 0 Å². The van der Waals surface area contributed by atoms with Crippen LogP contribution in [0.25, 0.3) is 0 Å². The second-order valence-corrected chi connectivity index (χ2v) is 4.94. The van der Waals surface area contributed by atoms with Crippen molar-refractivity contribution in [3.05, 3.63) is 0 Å². The SMILES string of the molecule is CC1OC2CCC1(C)C2(C)C. The largest absolute Gasteiger partial charge is 0.374 e. The van der Waals surface area contributed by atoms with Crippen LogP contribution in [-0.4, -0.2) is 12.2 Å². The highest BCUT2D eigenvalue weighted by molar-refractivity contribution is 5.09. The van der Waals surface area contributed by atoms with E-state index in [9.17, 15) is 0 Å². The van der Waals surface area contributed by atoms with Gasteiger partial charge in [0.1, 0.15) is 0 Å². The van der Waals surface area contributed by atoms with Crippen LogP contribution in [0.3, 0.4) is 0 Å². The Hall–Kier alpha value is -0.0400. The van der Waals surface area contributed by atoms with Crippen LogP contribution in [0, 0.1) is 10.8 Å². The fraction of sp³-hybridized carbons (Fsp3) is 1.00. The Balaban J connectivity index is 2.40. The van der Waals surface area contributed by atoms with E-state index in [0.717, 1.165) is 0 Å². The number of rotatable bonds is 0. The van der Waals surface area contributed by atoms with E-state index >= 15 is 0 Å². The average Bonchev–Trinajstić information content (AvgIpc) is 2.20. The maximum atomic E-state index is 5.88. The van der Waals surface area contributed by atoms with E-state index in [0.29, 0.717) is 23.0 Å². The van der Waals surface area contributed by atoms with E-state index in [2.05, 4.69) is 27.7 Å². The van der Waals surface area contributed by atoms with Crippen molar-refractivity contribution < 1.29 is 4.74 Å². The first kappa shape index (κ1) is 7.60. The standard InChI is InChI=1S/C10H18O/c1-7-10(4)6-5-8(11-7)9(10,2)3/h7-8H,5-6H2,1-4H3. The van der Waals surface area contributed by atoms with Crippen molar-refractivity contribution in [2.75, 3.05) is 0 Å². The van der Waals surface area contributed by atoms with Gasteiger partial charge in [-0.1, -0.05) is 20.8 Å². The zero-order valence-corrected chi connectivity index (χ0v) is 7.98. The number of hydrogen-bond acceptors (Lipinski definition) is 1. The Kier molecular flexibility index (Phi) is 1.26. The number of hydrogen-bond donors (Lipinski definition) is 0. The Morgan fingerprint density at radius 1 is 1.27 bits per heavy atom. The van der Waals surface area contributed by atoms with Crippen LogP contribution in [0.5, 0.6) is 0 Å². The summed E-state index contributed by atoms with van der Waals surface area (Å²) in [5.74, 6) is 0. The van der Waals surface area contributed by atoms with Crippen LogP contribution in [0.2, 0.25) is 0 Å². The second-order valence-electron chi connectivity index (χ2n) is 4.94. The maximum Gasteiger partial charge on any atom is 0.0636 e. The molecule has 0 aromatic carbocycles. The molecule has 0 aromatic rings. The van der Waals surface area contributed by atoms with Crippen LogP contribution in [0.4, 0.5) is 0 Å². The lowest BCUT2D eigenvalue weighted by molar-refractivity contribution is -0.0111. The van der Waals surface area contributed by atoms with Gasteiger partial charge in [0, 0.05) is 5.41 Å². The van der Waals surface area contributed by atoms with Gasteiger partial charge in [-0.05, 0) is 25.2 Å². The van der Waals surface area contributed by atoms with Crippen molar-refractivity contribution in [1.29, 1.82) is 0 Å². The first-order chi connectivity index (χ1) is 4.98. The molecule has 1 heterocycles. The average molecular weight is 154 g/mol. The highest BCUT2D eigenvalue weighted by Gasteiger charge is 2.61. The topological polar surface area (TPSA) is 9.23 Å². The molecule has 64 valence electrons. The Morgan fingerprint density at radius 2 is 1.91 bits per heavy atom. The van der Waals surface area contributed by atoms with Crippen LogP contribution >= 0.6 is 0 Å². The summed E-state index contributed by atoms with van der Waals surface area (Å²) in [4.78, 5) is 0. The Morgan fingerprint density at radius 3 is 2.09 bits per heavy atom. The summed E-state index contributed by atoms with van der Waals surface area (Å²) >= 11 is 0. The lowest BCUT2D eigenvalue weighted by atomic mass is 9.68. The van der Waals surface area contributed by atoms with Gasteiger partial charge in [0.25, 0.3) is 0 Å². The zero-order chi connectivity index (χ0) is 8.28. The fourth-order valence-electron chi connectivity index (χ4n) is 2.84. The quantitative estimate of drug-likeness (QED) is 0.521. The highest BCUT2D eigenvalue weighted by Crippen LogP contribution is 2.61. The van der Waals surface area contributed by atoms with E-state index in [-0.39, 0.29) is 0 Å². The Bertz CT molecular complexity index is 185. The van der Waals surface area contributed by atoms with Crippen LogP contribution in [0.1, 0.15) is 40.5 Å². The van der Waals surface area contributed by atoms with Gasteiger partial charge >= 0.3 is 0 Å². The molecule has 0 amide bonds. The number of ether oxygens (including phenoxy) is 1. The van der Waals surface area contributed by atoms with Crippen molar-refractivity contribution in [3.63, 3.8) is 0 Å². The van der Waals surface area contributed by atoms with Crippen molar-refractivity contribution in [3.8, 4) is 0 Å². The molecular formula is C10H18O. The third-order valence-electron chi connectivity index (χ3n) is 4.47. The predicted molar refractivity (Wildman–Crippen MR) is 45.5 cm³/mol. The fourth-order valence-corrected chi connectivity index (χ4v) is 2.84. The summed E-state index contributed by atoms with van der Waals surface area (Å²) in [6, 6.07) is 0. The molecule has 0 radical (unpaired) electrons. The minimum atomic E-state index is 0.409. The minimum Gasteiger partial charge on any atom is -0.374 e. The maximum absolute atomic E-state index is 5.88. The van der Waals surface area contributed by atoms with E-state index in [1.807, 2.05) is 0 Å². The summed E-state index contributed by atoms with van der Waals surface area (Å²) in [5.41, 5.74) is 0.851. The summed E-state index contributed by atoms with van der Waals surface area (Å²) in [7, 11) is 0. The lowest BCUT2D eigenvalue weighted by Crippen LogP contribution is -2.34. The van der Waals surface area contributed by atoms with Gasteiger partial charge in [-0.3, -0.25) is 0 Å². The minimum absolute atomic E-state index is 0.409. The normalized spacial score (nSPS) is 53.5. The molecule has 1 aliphatic heterocycles. The molecule has 0 aromatic heterocycles. The smallest absolute Gasteiger partial charge is 0.0636 e.